The maximum Gasteiger partial charge on any atom is 0.320 e. The van der Waals surface area contributed by atoms with Gasteiger partial charge in [-0.25, -0.2) is 0 Å². The molecule has 76 valence electrons. The summed E-state index contributed by atoms with van der Waals surface area (Å²) < 4.78 is 5.08. The van der Waals surface area contributed by atoms with Crippen molar-refractivity contribution in [3.05, 3.63) is 0 Å². The molecule has 0 bridgehead atoms. The Labute approximate surface area is 80.1 Å². The fourth-order valence-electron chi connectivity index (χ4n) is 1.69. The van der Waals surface area contributed by atoms with Gasteiger partial charge < -0.3 is 4.74 Å². The lowest BCUT2D eigenvalue weighted by Crippen LogP contribution is -2.34. The zero-order valence-electron chi connectivity index (χ0n) is 8.75. The monoisotopic (exact) mass is 185 g/mol. The van der Waals surface area contributed by atoms with Crippen LogP contribution < -0.4 is 0 Å². The molecule has 1 rings (SSSR count). The summed E-state index contributed by atoms with van der Waals surface area (Å²) >= 11 is 0. The Hall–Kier alpha value is -0.570. The first-order valence-corrected chi connectivity index (χ1v) is 5.03. The molecular weight excluding hydrogens is 166 g/mol. The van der Waals surface area contributed by atoms with Crippen LogP contribution in [0.4, 0.5) is 0 Å². The first-order valence-electron chi connectivity index (χ1n) is 5.03. The molecule has 1 unspecified atom stereocenters. The smallest absolute Gasteiger partial charge is 0.320 e. The normalized spacial score (nSPS) is 23.8. The topological polar surface area (TPSA) is 29.5 Å². The molecule has 1 aliphatic rings. The number of rotatable bonds is 3. The highest BCUT2D eigenvalue weighted by molar-refractivity contribution is 5.71. The van der Waals surface area contributed by atoms with Gasteiger partial charge in [0.05, 0.1) is 12.6 Å². The van der Waals surface area contributed by atoms with Crippen LogP contribution in [0.15, 0.2) is 0 Å². The van der Waals surface area contributed by atoms with E-state index >= 15 is 0 Å². The number of hydrogen-bond acceptors (Lipinski definition) is 3. The van der Waals surface area contributed by atoms with E-state index in [1.165, 1.54) is 12.8 Å². The second-order valence-corrected chi connectivity index (χ2v) is 4.00. The molecule has 0 N–H and O–H groups in total. The molecule has 0 radical (unpaired) electrons. The van der Waals surface area contributed by atoms with Crippen LogP contribution in [0, 0.1) is 0 Å². The second-order valence-electron chi connectivity index (χ2n) is 4.00. The Kier molecular flexibility index (Phi) is 3.72. The number of ether oxygens (including phenoxy) is 1. The highest BCUT2D eigenvalue weighted by Crippen LogP contribution is 2.15. The van der Waals surface area contributed by atoms with Crippen LogP contribution in [0.2, 0.25) is 0 Å². The third-order valence-corrected chi connectivity index (χ3v) is 2.39. The molecule has 3 nitrogen and oxygen atoms in total. The summed E-state index contributed by atoms with van der Waals surface area (Å²) in [5.74, 6) is -0.0938. The first kappa shape index (κ1) is 10.5. The highest BCUT2D eigenvalue weighted by Gasteiger charge is 2.22. The molecule has 1 atom stereocenters. The summed E-state index contributed by atoms with van der Waals surface area (Å²) in [4.78, 5) is 13.5. The van der Waals surface area contributed by atoms with Gasteiger partial charge in [0.1, 0.15) is 0 Å². The predicted octanol–water partition coefficient (Wildman–Crippen LogP) is 1.42. The molecule has 0 amide bonds. The van der Waals surface area contributed by atoms with E-state index in [1.807, 2.05) is 13.8 Å². The van der Waals surface area contributed by atoms with Crippen molar-refractivity contribution >= 4 is 5.97 Å². The van der Waals surface area contributed by atoms with Crippen LogP contribution in [0.1, 0.15) is 33.6 Å². The van der Waals surface area contributed by atoms with E-state index in [1.54, 1.807) is 0 Å². The van der Waals surface area contributed by atoms with Crippen LogP contribution in [-0.2, 0) is 9.53 Å². The largest absolute Gasteiger partial charge is 0.462 e. The Morgan fingerprint density at radius 1 is 1.62 bits per heavy atom. The fourth-order valence-corrected chi connectivity index (χ4v) is 1.69. The number of likely N-dealkylation sites (tertiary alicyclic amines) is 1. The zero-order chi connectivity index (χ0) is 9.84. The SMILES string of the molecule is CC(C)OC(=O)CN1CCCC1C. The summed E-state index contributed by atoms with van der Waals surface area (Å²) in [6, 6.07) is 0.541. The first-order chi connectivity index (χ1) is 6.09. The van der Waals surface area contributed by atoms with Gasteiger partial charge in [-0.05, 0) is 40.2 Å². The van der Waals surface area contributed by atoms with Crippen LogP contribution in [0.3, 0.4) is 0 Å². The van der Waals surface area contributed by atoms with Gasteiger partial charge in [-0.15, -0.1) is 0 Å². The molecule has 1 fully saturated rings. The molecule has 3 heteroatoms. The van der Waals surface area contributed by atoms with Crippen molar-refractivity contribution < 1.29 is 9.53 Å². The average molecular weight is 185 g/mol. The van der Waals surface area contributed by atoms with Crippen LogP contribution >= 0.6 is 0 Å². The minimum absolute atomic E-state index is 0.00501. The van der Waals surface area contributed by atoms with Crippen molar-refractivity contribution in [3.8, 4) is 0 Å². The number of hydrogen-bond donors (Lipinski definition) is 0. The van der Waals surface area contributed by atoms with E-state index < -0.39 is 0 Å². The molecule has 0 aromatic rings. The van der Waals surface area contributed by atoms with E-state index in [4.69, 9.17) is 4.74 Å². The molecule has 0 aromatic carbocycles. The minimum Gasteiger partial charge on any atom is -0.462 e. The summed E-state index contributed by atoms with van der Waals surface area (Å²) in [5, 5.41) is 0. The van der Waals surface area contributed by atoms with Gasteiger partial charge in [-0.3, -0.25) is 9.69 Å². The Morgan fingerprint density at radius 3 is 2.77 bits per heavy atom. The van der Waals surface area contributed by atoms with E-state index in [0.717, 1.165) is 6.54 Å². The summed E-state index contributed by atoms with van der Waals surface area (Å²) in [6.45, 7) is 7.42. The van der Waals surface area contributed by atoms with Crippen molar-refractivity contribution in [2.75, 3.05) is 13.1 Å². The number of nitrogens with zero attached hydrogens (tertiary/aromatic N) is 1. The van der Waals surface area contributed by atoms with E-state index in [2.05, 4.69) is 11.8 Å². The maximum atomic E-state index is 11.3. The quantitative estimate of drug-likeness (QED) is 0.623. The fraction of sp³-hybridized carbons (Fsp3) is 0.900. The second kappa shape index (κ2) is 4.61. The van der Waals surface area contributed by atoms with Gasteiger partial charge in [-0.2, -0.15) is 0 Å². The van der Waals surface area contributed by atoms with Gasteiger partial charge in [-0.1, -0.05) is 0 Å². The standard InChI is InChI=1S/C10H19NO2/c1-8(2)13-10(12)7-11-6-4-5-9(11)3/h8-9H,4-7H2,1-3H3. The Balaban J connectivity index is 2.27. The maximum absolute atomic E-state index is 11.3. The molecular formula is C10H19NO2. The van der Waals surface area contributed by atoms with Crippen molar-refractivity contribution in [1.82, 2.24) is 4.90 Å². The van der Waals surface area contributed by atoms with Crippen molar-refractivity contribution in [1.29, 1.82) is 0 Å². The molecule has 1 saturated heterocycles. The molecule has 1 heterocycles. The van der Waals surface area contributed by atoms with Gasteiger partial charge >= 0.3 is 5.97 Å². The molecule has 0 saturated carbocycles. The van der Waals surface area contributed by atoms with E-state index in [-0.39, 0.29) is 12.1 Å². The van der Waals surface area contributed by atoms with E-state index in [9.17, 15) is 4.79 Å². The minimum atomic E-state index is -0.0938. The van der Waals surface area contributed by atoms with Gasteiger partial charge in [0.2, 0.25) is 0 Å². The summed E-state index contributed by atoms with van der Waals surface area (Å²) in [5.41, 5.74) is 0. The number of carbonyl (C=O) groups excluding carboxylic acids is 1. The third kappa shape index (κ3) is 3.35. The Bertz CT molecular complexity index is 180. The van der Waals surface area contributed by atoms with Crippen LogP contribution in [0.5, 0.6) is 0 Å². The Morgan fingerprint density at radius 2 is 2.31 bits per heavy atom. The zero-order valence-corrected chi connectivity index (χ0v) is 8.75. The van der Waals surface area contributed by atoms with Crippen molar-refractivity contribution in [2.45, 2.75) is 45.8 Å². The van der Waals surface area contributed by atoms with Crippen molar-refractivity contribution in [2.24, 2.45) is 0 Å². The molecule has 1 aliphatic heterocycles. The van der Waals surface area contributed by atoms with Crippen LogP contribution in [-0.4, -0.2) is 36.1 Å². The van der Waals surface area contributed by atoms with Crippen LogP contribution in [0.25, 0.3) is 0 Å². The summed E-state index contributed by atoms with van der Waals surface area (Å²) in [6.07, 6.45) is 2.41. The average Bonchev–Trinajstić information content (AvgIpc) is 2.34. The lowest BCUT2D eigenvalue weighted by molar-refractivity contribution is -0.148. The highest BCUT2D eigenvalue weighted by atomic mass is 16.5. The lowest BCUT2D eigenvalue weighted by Gasteiger charge is -2.20. The van der Waals surface area contributed by atoms with Gasteiger partial charge in [0.15, 0.2) is 0 Å². The summed E-state index contributed by atoms with van der Waals surface area (Å²) in [7, 11) is 0. The number of esters is 1. The molecule has 0 spiro atoms. The van der Waals surface area contributed by atoms with Gasteiger partial charge in [0.25, 0.3) is 0 Å². The van der Waals surface area contributed by atoms with Gasteiger partial charge in [0, 0.05) is 6.04 Å². The molecule has 0 aliphatic carbocycles. The number of carbonyl (C=O) groups is 1. The predicted molar refractivity (Wildman–Crippen MR) is 51.5 cm³/mol. The van der Waals surface area contributed by atoms with E-state index in [0.29, 0.717) is 12.6 Å². The molecule has 13 heavy (non-hydrogen) atoms. The molecule has 0 aromatic heterocycles. The third-order valence-electron chi connectivity index (χ3n) is 2.39. The lowest BCUT2D eigenvalue weighted by atomic mass is 10.2. The van der Waals surface area contributed by atoms with Crippen molar-refractivity contribution in [3.63, 3.8) is 0 Å².